The molecule has 0 unspecified atom stereocenters. The number of aromatic nitrogens is 4. The minimum Gasteiger partial charge on any atom is -0.356 e. The summed E-state index contributed by atoms with van der Waals surface area (Å²) in [6.07, 6.45) is 1.75. The molecule has 0 aliphatic carbocycles. The Bertz CT molecular complexity index is 1100. The molecule has 0 spiro atoms. The maximum absolute atomic E-state index is 12.0. The van der Waals surface area contributed by atoms with Crippen LogP contribution in [0.3, 0.4) is 0 Å². The second kappa shape index (κ2) is 6.39. The van der Waals surface area contributed by atoms with Gasteiger partial charge in [0.2, 0.25) is 5.95 Å². The van der Waals surface area contributed by atoms with Gasteiger partial charge in [-0.2, -0.15) is 0 Å². The summed E-state index contributed by atoms with van der Waals surface area (Å²) in [5.41, 5.74) is 2.74. The summed E-state index contributed by atoms with van der Waals surface area (Å²) in [7, 11) is 2.04. The zero-order valence-electron chi connectivity index (χ0n) is 14.0. The molecule has 6 heteroatoms. The topological polar surface area (TPSA) is 75.6 Å². The molecule has 2 aromatic carbocycles. The molecule has 4 rings (SSSR count). The van der Waals surface area contributed by atoms with Crippen molar-refractivity contribution in [1.29, 1.82) is 0 Å². The average Bonchev–Trinajstić information content (AvgIpc) is 2.95. The molecule has 25 heavy (non-hydrogen) atoms. The van der Waals surface area contributed by atoms with Crippen LogP contribution in [-0.2, 0) is 13.5 Å². The maximum atomic E-state index is 12.0. The number of rotatable bonds is 5. The van der Waals surface area contributed by atoms with Crippen LogP contribution in [0.5, 0.6) is 0 Å². The normalized spacial score (nSPS) is 11.2. The summed E-state index contributed by atoms with van der Waals surface area (Å²) >= 11 is 0. The molecular weight excluding hydrogens is 314 g/mol. The van der Waals surface area contributed by atoms with Crippen molar-refractivity contribution in [2.24, 2.45) is 7.05 Å². The highest BCUT2D eigenvalue weighted by atomic mass is 16.1. The predicted molar refractivity (Wildman–Crippen MR) is 99.9 cm³/mol. The van der Waals surface area contributed by atoms with Gasteiger partial charge in [-0.3, -0.25) is 9.78 Å². The van der Waals surface area contributed by atoms with Gasteiger partial charge >= 0.3 is 0 Å². The maximum Gasteiger partial charge on any atom is 0.260 e. The van der Waals surface area contributed by atoms with E-state index in [2.05, 4.69) is 30.9 Å². The first-order chi connectivity index (χ1) is 12.2. The Morgan fingerprint density at radius 2 is 1.80 bits per heavy atom. The molecule has 2 heterocycles. The van der Waals surface area contributed by atoms with Crippen molar-refractivity contribution in [1.82, 2.24) is 19.5 Å². The molecule has 126 valence electrons. The van der Waals surface area contributed by atoms with Crippen LogP contribution in [0.4, 0.5) is 5.95 Å². The van der Waals surface area contributed by atoms with Gasteiger partial charge in [0, 0.05) is 20.0 Å². The summed E-state index contributed by atoms with van der Waals surface area (Å²) in [6.45, 7) is 0.713. The lowest BCUT2D eigenvalue weighted by Gasteiger charge is -2.06. The zero-order valence-corrected chi connectivity index (χ0v) is 14.0. The summed E-state index contributed by atoms with van der Waals surface area (Å²) < 4.78 is 2.13. The van der Waals surface area contributed by atoms with E-state index >= 15 is 0 Å². The molecule has 0 aliphatic rings. The monoisotopic (exact) mass is 333 g/mol. The standard InChI is InChI=1S/C19H19N5O/c1-24-16-10-5-4-9-15(16)21-17(24)11-6-12-20-19-22-14-8-3-2-7-13(14)18(25)23-19/h2-5,7-10H,6,11-12H2,1H3,(H2,20,22,23,25). The van der Waals surface area contributed by atoms with E-state index in [1.165, 1.54) is 0 Å². The Morgan fingerprint density at radius 3 is 2.64 bits per heavy atom. The molecule has 0 fully saturated rings. The Balaban J connectivity index is 1.42. The third-order valence-electron chi connectivity index (χ3n) is 4.36. The lowest BCUT2D eigenvalue weighted by molar-refractivity contribution is 0.751. The Labute approximate surface area is 144 Å². The fourth-order valence-corrected chi connectivity index (χ4v) is 3.04. The number of aryl methyl sites for hydroxylation is 2. The Morgan fingerprint density at radius 1 is 1.04 bits per heavy atom. The fourth-order valence-electron chi connectivity index (χ4n) is 3.04. The van der Waals surface area contributed by atoms with Crippen LogP contribution in [-0.4, -0.2) is 26.1 Å². The van der Waals surface area contributed by atoms with Gasteiger partial charge in [-0.05, 0) is 30.7 Å². The van der Waals surface area contributed by atoms with Crippen LogP contribution in [0.15, 0.2) is 53.3 Å². The molecule has 0 saturated heterocycles. The number of nitrogens with one attached hydrogen (secondary N) is 2. The summed E-state index contributed by atoms with van der Waals surface area (Å²) in [5.74, 6) is 1.57. The van der Waals surface area contributed by atoms with E-state index in [0.717, 1.165) is 29.7 Å². The van der Waals surface area contributed by atoms with E-state index in [-0.39, 0.29) is 5.56 Å². The largest absolute Gasteiger partial charge is 0.356 e. The highest BCUT2D eigenvalue weighted by molar-refractivity contribution is 5.78. The van der Waals surface area contributed by atoms with E-state index in [0.29, 0.717) is 23.4 Å². The van der Waals surface area contributed by atoms with Crippen LogP contribution in [0, 0.1) is 0 Å². The average molecular weight is 333 g/mol. The number of fused-ring (bicyclic) bond motifs is 2. The van der Waals surface area contributed by atoms with Gasteiger partial charge in [-0.1, -0.05) is 24.3 Å². The first-order valence-electron chi connectivity index (χ1n) is 8.35. The summed E-state index contributed by atoms with van der Waals surface area (Å²) in [4.78, 5) is 24.0. The van der Waals surface area contributed by atoms with E-state index in [9.17, 15) is 4.79 Å². The highest BCUT2D eigenvalue weighted by Crippen LogP contribution is 2.15. The molecule has 2 N–H and O–H groups in total. The van der Waals surface area contributed by atoms with Crippen LogP contribution in [0.2, 0.25) is 0 Å². The number of anilines is 1. The molecule has 0 atom stereocenters. The predicted octanol–water partition coefficient (Wildman–Crippen LogP) is 2.85. The first kappa shape index (κ1) is 15.4. The van der Waals surface area contributed by atoms with E-state index in [1.54, 1.807) is 6.07 Å². The second-order valence-corrected chi connectivity index (χ2v) is 6.04. The lowest BCUT2D eigenvalue weighted by atomic mass is 10.2. The van der Waals surface area contributed by atoms with E-state index < -0.39 is 0 Å². The lowest BCUT2D eigenvalue weighted by Crippen LogP contribution is -2.14. The van der Waals surface area contributed by atoms with Crippen molar-refractivity contribution < 1.29 is 0 Å². The van der Waals surface area contributed by atoms with Crippen molar-refractivity contribution in [2.75, 3.05) is 11.9 Å². The molecule has 4 aromatic rings. The number of imidazole rings is 1. The van der Waals surface area contributed by atoms with Gasteiger partial charge in [0.05, 0.1) is 21.9 Å². The van der Waals surface area contributed by atoms with Crippen molar-refractivity contribution in [3.05, 3.63) is 64.7 Å². The molecule has 0 bridgehead atoms. The summed E-state index contributed by atoms with van der Waals surface area (Å²) in [6, 6.07) is 15.5. The highest BCUT2D eigenvalue weighted by Gasteiger charge is 2.07. The molecule has 0 aliphatic heterocycles. The SMILES string of the molecule is Cn1c(CCCNc2nc3ccccc3c(=O)[nH]2)nc2ccccc21. The van der Waals surface area contributed by atoms with Gasteiger partial charge in [-0.25, -0.2) is 9.97 Å². The van der Waals surface area contributed by atoms with Crippen LogP contribution >= 0.6 is 0 Å². The minimum atomic E-state index is -0.122. The van der Waals surface area contributed by atoms with Crippen molar-refractivity contribution in [3.8, 4) is 0 Å². The van der Waals surface area contributed by atoms with Crippen LogP contribution in [0.25, 0.3) is 21.9 Å². The number of hydrogen-bond donors (Lipinski definition) is 2. The van der Waals surface area contributed by atoms with Gasteiger partial charge < -0.3 is 9.88 Å². The number of aromatic amines is 1. The molecular formula is C19H19N5O. The van der Waals surface area contributed by atoms with Gasteiger partial charge in [0.15, 0.2) is 0 Å². The Hall–Kier alpha value is -3.15. The number of para-hydroxylation sites is 3. The molecule has 0 radical (unpaired) electrons. The molecule has 0 amide bonds. The second-order valence-electron chi connectivity index (χ2n) is 6.04. The first-order valence-corrected chi connectivity index (χ1v) is 8.35. The van der Waals surface area contributed by atoms with E-state index in [1.807, 2.05) is 43.4 Å². The minimum absolute atomic E-state index is 0.122. The molecule has 2 aromatic heterocycles. The fraction of sp³-hybridized carbons (Fsp3) is 0.211. The number of H-pyrrole nitrogens is 1. The number of nitrogens with zero attached hydrogens (tertiary/aromatic N) is 3. The van der Waals surface area contributed by atoms with Crippen molar-refractivity contribution >= 4 is 27.9 Å². The van der Waals surface area contributed by atoms with Crippen LogP contribution < -0.4 is 10.9 Å². The smallest absolute Gasteiger partial charge is 0.260 e. The summed E-state index contributed by atoms with van der Waals surface area (Å²) in [5, 5.41) is 3.80. The van der Waals surface area contributed by atoms with Gasteiger partial charge in [-0.15, -0.1) is 0 Å². The molecule has 0 saturated carbocycles. The van der Waals surface area contributed by atoms with Crippen LogP contribution in [0.1, 0.15) is 12.2 Å². The third-order valence-corrected chi connectivity index (χ3v) is 4.36. The quantitative estimate of drug-likeness (QED) is 0.551. The zero-order chi connectivity index (χ0) is 17.2. The molecule has 6 nitrogen and oxygen atoms in total. The third kappa shape index (κ3) is 2.98. The van der Waals surface area contributed by atoms with Crippen molar-refractivity contribution in [2.45, 2.75) is 12.8 Å². The number of hydrogen-bond acceptors (Lipinski definition) is 4. The van der Waals surface area contributed by atoms with Gasteiger partial charge in [0.1, 0.15) is 5.82 Å². The van der Waals surface area contributed by atoms with E-state index in [4.69, 9.17) is 0 Å². The van der Waals surface area contributed by atoms with Gasteiger partial charge in [0.25, 0.3) is 5.56 Å². The number of benzene rings is 2. The van der Waals surface area contributed by atoms with Crippen molar-refractivity contribution in [3.63, 3.8) is 0 Å². The Kier molecular flexibility index (Phi) is 3.93.